The molecule has 0 aromatic heterocycles. The van der Waals surface area contributed by atoms with Crippen LogP contribution >= 0.6 is 43.5 Å². The fraction of sp³-hybridized carbons (Fsp3) is 0.0769. The van der Waals surface area contributed by atoms with E-state index in [4.69, 9.17) is 11.6 Å². The summed E-state index contributed by atoms with van der Waals surface area (Å²) in [6.07, 6.45) is 0. The lowest BCUT2D eigenvalue weighted by molar-refractivity contribution is 0.465. The van der Waals surface area contributed by atoms with Crippen molar-refractivity contribution >= 4 is 49.1 Å². The van der Waals surface area contributed by atoms with E-state index in [2.05, 4.69) is 37.2 Å². The van der Waals surface area contributed by atoms with Gasteiger partial charge >= 0.3 is 0 Å². The smallest absolute Gasteiger partial charge is 0.134 e. The van der Waals surface area contributed by atoms with E-state index in [1.165, 1.54) is 12.1 Å². The van der Waals surface area contributed by atoms with Crippen LogP contribution in [-0.2, 0) is 6.54 Å². The SMILES string of the molecule is Oc1c(Br)cccc1CNc1c(Cl)cc(F)cc1Br. The molecule has 19 heavy (non-hydrogen) atoms. The van der Waals surface area contributed by atoms with Gasteiger partial charge in [-0.1, -0.05) is 23.7 Å². The molecule has 2 rings (SSSR count). The summed E-state index contributed by atoms with van der Waals surface area (Å²) in [4.78, 5) is 0. The molecule has 100 valence electrons. The predicted molar refractivity (Wildman–Crippen MR) is 82.2 cm³/mol. The zero-order valence-electron chi connectivity index (χ0n) is 9.55. The molecule has 0 aliphatic carbocycles. The van der Waals surface area contributed by atoms with Crippen LogP contribution in [0.5, 0.6) is 5.75 Å². The lowest BCUT2D eigenvalue weighted by Gasteiger charge is -2.12. The number of rotatable bonds is 3. The normalized spacial score (nSPS) is 10.5. The molecule has 0 atom stereocenters. The second-order valence-electron chi connectivity index (χ2n) is 3.85. The van der Waals surface area contributed by atoms with Crippen molar-refractivity contribution in [3.8, 4) is 5.75 Å². The zero-order chi connectivity index (χ0) is 14.0. The molecule has 0 aliphatic rings. The maximum atomic E-state index is 13.1. The van der Waals surface area contributed by atoms with Crippen molar-refractivity contribution in [2.45, 2.75) is 6.54 Å². The third-order valence-electron chi connectivity index (χ3n) is 2.53. The zero-order valence-corrected chi connectivity index (χ0v) is 13.5. The van der Waals surface area contributed by atoms with Gasteiger partial charge in [0.05, 0.1) is 15.2 Å². The summed E-state index contributed by atoms with van der Waals surface area (Å²) in [5.41, 5.74) is 1.30. The lowest BCUT2D eigenvalue weighted by atomic mass is 10.2. The largest absolute Gasteiger partial charge is 0.506 e. The highest BCUT2D eigenvalue weighted by atomic mass is 79.9. The quantitative estimate of drug-likeness (QED) is 0.719. The van der Waals surface area contributed by atoms with Crippen LogP contribution in [0.3, 0.4) is 0 Å². The Morgan fingerprint density at radius 3 is 2.63 bits per heavy atom. The Kier molecular flexibility index (Phi) is 4.71. The van der Waals surface area contributed by atoms with Gasteiger partial charge in [0.25, 0.3) is 0 Å². The van der Waals surface area contributed by atoms with Gasteiger partial charge in [0.2, 0.25) is 0 Å². The van der Waals surface area contributed by atoms with Crippen LogP contribution in [0.15, 0.2) is 39.3 Å². The number of phenolic OH excluding ortho intramolecular Hbond substituents is 1. The minimum absolute atomic E-state index is 0.171. The van der Waals surface area contributed by atoms with Gasteiger partial charge in [-0.05, 0) is 50.1 Å². The molecule has 2 aromatic rings. The topological polar surface area (TPSA) is 32.3 Å². The highest BCUT2D eigenvalue weighted by Gasteiger charge is 2.10. The predicted octanol–water partition coefficient (Wildman–Crippen LogP) is 5.32. The van der Waals surface area contributed by atoms with Crippen molar-refractivity contribution < 1.29 is 9.50 Å². The molecule has 0 saturated carbocycles. The number of hydrogen-bond donors (Lipinski definition) is 2. The molecule has 2 nitrogen and oxygen atoms in total. The third kappa shape index (κ3) is 3.41. The first kappa shape index (κ1) is 14.6. The molecule has 0 unspecified atom stereocenters. The van der Waals surface area contributed by atoms with Crippen LogP contribution in [-0.4, -0.2) is 5.11 Å². The Balaban J connectivity index is 2.22. The number of aromatic hydroxyl groups is 1. The summed E-state index contributed by atoms with van der Waals surface area (Å²) < 4.78 is 14.3. The van der Waals surface area contributed by atoms with Crippen molar-refractivity contribution in [1.82, 2.24) is 0 Å². The van der Waals surface area contributed by atoms with E-state index in [0.29, 0.717) is 26.7 Å². The number of hydrogen-bond acceptors (Lipinski definition) is 2. The maximum absolute atomic E-state index is 13.1. The summed E-state index contributed by atoms with van der Waals surface area (Å²) >= 11 is 12.5. The van der Waals surface area contributed by atoms with Crippen LogP contribution in [0.1, 0.15) is 5.56 Å². The molecule has 0 aliphatic heterocycles. The van der Waals surface area contributed by atoms with Crippen LogP contribution < -0.4 is 5.32 Å². The van der Waals surface area contributed by atoms with E-state index in [1.807, 2.05) is 6.07 Å². The van der Waals surface area contributed by atoms with Gasteiger partial charge in [-0.25, -0.2) is 4.39 Å². The van der Waals surface area contributed by atoms with Gasteiger partial charge in [-0.2, -0.15) is 0 Å². The molecular weight excluding hydrogens is 400 g/mol. The third-order valence-corrected chi connectivity index (χ3v) is 4.10. The molecule has 0 bridgehead atoms. The number of para-hydroxylation sites is 1. The molecule has 0 fully saturated rings. The second-order valence-corrected chi connectivity index (χ2v) is 5.96. The molecule has 2 N–H and O–H groups in total. The molecule has 6 heteroatoms. The first-order valence-electron chi connectivity index (χ1n) is 5.34. The first-order valence-corrected chi connectivity index (χ1v) is 7.30. The van der Waals surface area contributed by atoms with E-state index in [-0.39, 0.29) is 10.8 Å². The van der Waals surface area contributed by atoms with E-state index in [9.17, 15) is 9.50 Å². The minimum atomic E-state index is -0.410. The number of halogens is 4. The van der Waals surface area contributed by atoms with E-state index >= 15 is 0 Å². The van der Waals surface area contributed by atoms with E-state index in [0.717, 1.165) is 0 Å². The monoisotopic (exact) mass is 407 g/mol. The molecule has 0 saturated heterocycles. The van der Waals surface area contributed by atoms with Crippen molar-refractivity contribution in [1.29, 1.82) is 0 Å². The van der Waals surface area contributed by atoms with Gasteiger partial charge < -0.3 is 10.4 Å². The first-order chi connectivity index (χ1) is 8.99. The standard InChI is InChI=1S/C13H9Br2ClFNO/c14-9-3-1-2-7(13(9)19)6-18-12-10(15)4-8(17)5-11(12)16/h1-5,18-19H,6H2. The van der Waals surface area contributed by atoms with Crippen molar-refractivity contribution in [2.75, 3.05) is 5.32 Å². The summed E-state index contributed by atoms with van der Waals surface area (Å²) in [5.74, 6) is -0.239. The maximum Gasteiger partial charge on any atom is 0.134 e. The average molecular weight is 409 g/mol. The van der Waals surface area contributed by atoms with Crippen LogP contribution in [0.2, 0.25) is 5.02 Å². The van der Waals surface area contributed by atoms with Crippen LogP contribution in [0.4, 0.5) is 10.1 Å². The number of nitrogens with one attached hydrogen (secondary N) is 1. The van der Waals surface area contributed by atoms with Gasteiger partial charge in [0.15, 0.2) is 0 Å². The molecule has 0 radical (unpaired) electrons. The Morgan fingerprint density at radius 1 is 1.21 bits per heavy atom. The highest BCUT2D eigenvalue weighted by Crippen LogP contribution is 2.33. The van der Waals surface area contributed by atoms with Crippen LogP contribution in [0, 0.1) is 5.82 Å². The van der Waals surface area contributed by atoms with Crippen LogP contribution in [0.25, 0.3) is 0 Å². The Hall–Kier alpha value is -0.780. The van der Waals surface area contributed by atoms with Crippen molar-refractivity contribution in [3.05, 3.63) is 55.7 Å². The van der Waals surface area contributed by atoms with Crippen molar-refractivity contribution in [3.63, 3.8) is 0 Å². The lowest BCUT2D eigenvalue weighted by Crippen LogP contribution is -2.01. The fourth-order valence-electron chi connectivity index (χ4n) is 1.60. The van der Waals surface area contributed by atoms with E-state index < -0.39 is 5.82 Å². The second kappa shape index (κ2) is 6.11. The summed E-state index contributed by atoms with van der Waals surface area (Å²) in [5, 5.41) is 13.2. The summed E-state index contributed by atoms with van der Waals surface area (Å²) in [7, 11) is 0. The van der Waals surface area contributed by atoms with Crippen molar-refractivity contribution in [2.24, 2.45) is 0 Å². The molecule has 0 heterocycles. The Morgan fingerprint density at radius 2 is 1.95 bits per heavy atom. The Labute approximate surface area is 131 Å². The Bertz CT molecular complexity index is 599. The molecule has 0 spiro atoms. The minimum Gasteiger partial charge on any atom is -0.506 e. The number of anilines is 1. The molecule has 2 aromatic carbocycles. The molecular formula is C13H9Br2ClFNO. The summed E-state index contributed by atoms with van der Waals surface area (Å²) in [6.45, 7) is 0.370. The average Bonchev–Trinajstić information content (AvgIpc) is 2.33. The number of phenols is 1. The number of benzene rings is 2. The van der Waals surface area contributed by atoms with E-state index in [1.54, 1.807) is 12.1 Å². The van der Waals surface area contributed by atoms with Gasteiger partial charge in [-0.15, -0.1) is 0 Å². The highest BCUT2D eigenvalue weighted by molar-refractivity contribution is 9.11. The fourth-order valence-corrected chi connectivity index (χ4v) is 2.96. The van der Waals surface area contributed by atoms with Gasteiger partial charge in [0.1, 0.15) is 11.6 Å². The van der Waals surface area contributed by atoms with Gasteiger partial charge in [-0.3, -0.25) is 0 Å². The summed E-state index contributed by atoms with van der Waals surface area (Å²) in [6, 6.07) is 7.92. The molecule has 0 amide bonds. The van der Waals surface area contributed by atoms with Gasteiger partial charge in [0, 0.05) is 16.6 Å².